The summed E-state index contributed by atoms with van der Waals surface area (Å²) in [6, 6.07) is 3.55. The smallest absolute Gasteiger partial charge is 0.271 e. The summed E-state index contributed by atoms with van der Waals surface area (Å²) in [7, 11) is 0. The van der Waals surface area contributed by atoms with E-state index in [1.54, 1.807) is 0 Å². The van der Waals surface area contributed by atoms with E-state index in [0.717, 1.165) is 23.5 Å². The number of nitrogens with one attached hydrogen (secondary N) is 1. The first-order chi connectivity index (χ1) is 11.5. The highest BCUT2D eigenvalue weighted by Gasteiger charge is 2.34. The van der Waals surface area contributed by atoms with Gasteiger partial charge in [-0.2, -0.15) is 0 Å². The van der Waals surface area contributed by atoms with Crippen molar-refractivity contribution in [1.82, 2.24) is 10.3 Å². The number of carbonyl (C=O) groups excluding carboxylic acids is 1. The minimum atomic E-state index is -0.748. The van der Waals surface area contributed by atoms with Crippen LogP contribution >= 0.6 is 11.3 Å². The number of carbonyl (C=O) groups is 1. The van der Waals surface area contributed by atoms with Gasteiger partial charge in [-0.25, -0.2) is 13.8 Å². The highest BCUT2D eigenvalue weighted by atomic mass is 32.1. The summed E-state index contributed by atoms with van der Waals surface area (Å²) in [5.74, 6) is -1.94. The molecule has 1 amide bonds. The van der Waals surface area contributed by atoms with Gasteiger partial charge in [-0.3, -0.25) is 4.79 Å². The number of hydrogen-bond donors (Lipinski definition) is 2. The van der Waals surface area contributed by atoms with Gasteiger partial charge >= 0.3 is 0 Å². The Morgan fingerprint density at radius 2 is 2.00 bits per heavy atom. The zero-order valence-corrected chi connectivity index (χ0v) is 13.5. The molecule has 2 heterocycles. The maximum absolute atomic E-state index is 13.8. The molecule has 128 valence electrons. The highest BCUT2D eigenvalue weighted by molar-refractivity contribution is 7.13. The van der Waals surface area contributed by atoms with Crippen molar-refractivity contribution in [3.8, 4) is 10.6 Å². The zero-order valence-electron chi connectivity index (χ0n) is 12.7. The van der Waals surface area contributed by atoms with E-state index in [0.29, 0.717) is 26.1 Å². The summed E-state index contributed by atoms with van der Waals surface area (Å²) in [5, 5.41) is 13.9. The van der Waals surface area contributed by atoms with Gasteiger partial charge in [0.25, 0.3) is 5.91 Å². The molecule has 0 radical (unpaired) electrons. The lowest BCUT2D eigenvalue weighted by molar-refractivity contribution is 0.0124. The summed E-state index contributed by atoms with van der Waals surface area (Å²) in [6.07, 6.45) is 0.988. The Bertz CT molecular complexity index is 724. The minimum Gasteiger partial charge on any atom is -0.394 e. The van der Waals surface area contributed by atoms with E-state index in [2.05, 4.69) is 10.3 Å². The molecular formula is C16H16F2N2O3S. The monoisotopic (exact) mass is 354 g/mol. The maximum atomic E-state index is 13.8. The van der Waals surface area contributed by atoms with E-state index < -0.39 is 23.1 Å². The molecule has 1 saturated heterocycles. The van der Waals surface area contributed by atoms with Crippen LogP contribution in [0, 0.1) is 11.6 Å². The second-order valence-electron chi connectivity index (χ2n) is 5.64. The second kappa shape index (κ2) is 6.92. The van der Waals surface area contributed by atoms with Gasteiger partial charge in [0.05, 0.1) is 17.7 Å². The molecule has 8 heteroatoms. The van der Waals surface area contributed by atoms with Gasteiger partial charge < -0.3 is 15.2 Å². The summed E-state index contributed by atoms with van der Waals surface area (Å²) < 4.78 is 32.9. The van der Waals surface area contributed by atoms with E-state index in [4.69, 9.17) is 4.74 Å². The largest absolute Gasteiger partial charge is 0.394 e. The van der Waals surface area contributed by atoms with Crippen LogP contribution in [0.15, 0.2) is 23.6 Å². The summed E-state index contributed by atoms with van der Waals surface area (Å²) in [6.45, 7) is 0.689. The predicted molar refractivity (Wildman–Crippen MR) is 84.8 cm³/mol. The minimum absolute atomic E-state index is 0.0666. The lowest BCUT2D eigenvalue weighted by Gasteiger charge is -2.36. The van der Waals surface area contributed by atoms with Crippen LogP contribution in [0.2, 0.25) is 0 Å². The highest BCUT2D eigenvalue weighted by Crippen LogP contribution is 2.29. The SMILES string of the molecule is O=C(NC1(CO)CCOCC1)c1csc(-c2c(F)cccc2F)n1. The van der Waals surface area contributed by atoms with Crippen LogP contribution in [0.1, 0.15) is 23.3 Å². The average Bonchev–Trinajstić information content (AvgIpc) is 3.05. The first-order valence-electron chi connectivity index (χ1n) is 7.46. The molecule has 0 saturated carbocycles. The Hall–Kier alpha value is -1.90. The first kappa shape index (κ1) is 16.9. The van der Waals surface area contributed by atoms with Crippen LogP contribution in [0.5, 0.6) is 0 Å². The third-order valence-electron chi connectivity index (χ3n) is 4.04. The Morgan fingerprint density at radius 3 is 2.62 bits per heavy atom. The number of benzene rings is 1. The molecule has 1 aliphatic heterocycles. The van der Waals surface area contributed by atoms with E-state index in [-0.39, 0.29) is 22.9 Å². The van der Waals surface area contributed by atoms with E-state index in [1.165, 1.54) is 11.4 Å². The van der Waals surface area contributed by atoms with Crippen LogP contribution in [0.3, 0.4) is 0 Å². The van der Waals surface area contributed by atoms with E-state index in [9.17, 15) is 18.7 Å². The Kier molecular flexibility index (Phi) is 4.88. The molecule has 0 spiro atoms. The van der Waals surface area contributed by atoms with Gasteiger partial charge in [-0.05, 0) is 25.0 Å². The van der Waals surface area contributed by atoms with Crippen molar-refractivity contribution < 1.29 is 23.4 Å². The number of nitrogens with zero attached hydrogens (tertiary/aromatic N) is 1. The fourth-order valence-electron chi connectivity index (χ4n) is 2.58. The molecule has 0 atom stereocenters. The molecule has 0 bridgehead atoms. The number of rotatable bonds is 4. The molecule has 1 aromatic carbocycles. The average molecular weight is 354 g/mol. The Balaban J connectivity index is 1.81. The molecule has 24 heavy (non-hydrogen) atoms. The van der Waals surface area contributed by atoms with Crippen LogP contribution in [-0.4, -0.2) is 41.4 Å². The molecule has 0 aliphatic carbocycles. The van der Waals surface area contributed by atoms with Crippen molar-refractivity contribution in [3.05, 3.63) is 40.9 Å². The second-order valence-corrected chi connectivity index (χ2v) is 6.50. The standard InChI is InChI=1S/C16H16F2N2O3S/c17-10-2-1-3-11(18)13(10)15-19-12(8-24-15)14(22)20-16(9-21)4-6-23-7-5-16/h1-3,8,21H,4-7,9H2,(H,20,22). The summed E-state index contributed by atoms with van der Waals surface area (Å²) in [5.41, 5.74) is -0.927. The molecule has 1 fully saturated rings. The molecule has 2 N–H and O–H groups in total. The number of aromatic nitrogens is 1. The molecular weight excluding hydrogens is 338 g/mol. The van der Waals surface area contributed by atoms with E-state index >= 15 is 0 Å². The van der Waals surface area contributed by atoms with Crippen molar-refractivity contribution >= 4 is 17.2 Å². The van der Waals surface area contributed by atoms with Crippen molar-refractivity contribution in [2.45, 2.75) is 18.4 Å². The molecule has 2 aromatic rings. The van der Waals surface area contributed by atoms with Gasteiger partial charge in [0.1, 0.15) is 22.3 Å². The first-order valence-corrected chi connectivity index (χ1v) is 8.34. The molecule has 3 rings (SSSR count). The summed E-state index contributed by atoms with van der Waals surface area (Å²) in [4.78, 5) is 16.4. The van der Waals surface area contributed by atoms with Gasteiger partial charge in [-0.1, -0.05) is 6.07 Å². The Morgan fingerprint density at radius 1 is 1.33 bits per heavy atom. The van der Waals surface area contributed by atoms with Crippen LogP contribution in [0.25, 0.3) is 10.6 Å². The molecule has 5 nitrogen and oxygen atoms in total. The molecule has 0 unspecified atom stereocenters. The number of aliphatic hydroxyl groups is 1. The van der Waals surface area contributed by atoms with Crippen molar-refractivity contribution in [2.75, 3.05) is 19.8 Å². The third kappa shape index (κ3) is 3.31. The van der Waals surface area contributed by atoms with Crippen LogP contribution in [-0.2, 0) is 4.74 Å². The number of aliphatic hydroxyl groups excluding tert-OH is 1. The lowest BCUT2D eigenvalue weighted by Crippen LogP contribution is -2.54. The van der Waals surface area contributed by atoms with E-state index in [1.807, 2.05) is 0 Å². The van der Waals surface area contributed by atoms with Gasteiger partial charge in [0, 0.05) is 18.6 Å². The summed E-state index contributed by atoms with van der Waals surface area (Å²) >= 11 is 0.989. The fourth-order valence-corrected chi connectivity index (χ4v) is 3.43. The number of amides is 1. The Labute approximate surface area is 141 Å². The number of thiazole rings is 1. The third-order valence-corrected chi connectivity index (χ3v) is 4.90. The molecule has 1 aliphatic rings. The van der Waals surface area contributed by atoms with Crippen LogP contribution in [0.4, 0.5) is 8.78 Å². The number of hydrogen-bond acceptors (Lipinski definition) is 5. The topological polar surface area (TPSA) is 71.5 Å². The number of halogens is 2. The van der Waals surface area contributed by atoms with Gasteiger partial charge in [-0.15, -0.1) is 11.3 Å². The van der Waals surface area contributed by atoms with Crippen molar-refractivity contribution in [3.63, 3.8) is 0 Å². The van der Waals surface area contributed by atoms with Crippen LogP contribution < -0.4 is 5.32 Å². The quantitative estimate of drug-likeness (QED) is 0.884. The van der Waals surface area contributed by atoms with Gasteiger partial charge in [0.15, 0.2) is 0 Å². The van der Waals surface area contributed by atoms with Gasteiger partial charge in [0.2, 0.25) is 0 Å². The maximum Gasteiger partial charge on any atom is 0.271 e. The lowest BCUT2D eigenvalue weighted by atomic mass is 9.91. The number of ether oxygens (including phenoxy) is 1. The van der Waals surface area contributed by atoms with Crippen molar-refractivity contribution in [1.29, 1.82) is 0 Å². The zero-order chi connectivity index (χ0) is 17.2. The predicted octanol–water partition coefficient (Wildman–Crippen LogP) is 2.36. The molecule has 1 aromatic heterocycles. The van der Waals surface area contributed by atoms with Crippen molar-refractivity contribution in [2.24, 2.45) is 0 Å². The fraction of sp³-hybridized carbons (Fsp3) is 0.375. The normalized spacial score (nSPS) is 16.8.